The third kappa shape index (κ3) is 4.31. The zero-order chi connectivity index (χ0) is 13.5. The van der Waals surface area contributed by atoms with Gasteiger partial charge in [-0.15, -0.1) is 0 Å². The average molecular weight is 254 g/mol. The Hall–Kier alpha value is -1.66. The van der Waals surface area contributed by atoms with Crippen LogP contribution in [-0.4, -0.2) is 29.8 Å². The topological polar surface area (TPSA) is 84.6 Å². The number of hydrogen-bond donors (Lipinski definition) is 2. The Bertz CT molecular complexity index is 409. The van der Waals surface area contributed by atoms with E-state index in [0.717, 1.165) is 5.56 Å². The van der Waals surface area contributed by atoms with Crippen LogP contribution >= 0.6 is 0 Å². The van der Waals surface area contributed by atoms with Crippen molar-refractivity contribution in [1.82, 2.24) is 5.32 Å². The second kappa shape index (κ2) is 6.93. The lowest BCUT2D eigenvalue weighted by Gasteiger charge is -2.12. The van der Waals surface area contributed by atoms with Crippen LogP contribution in [0.4, 0.5) is 5.69 Å². The number of nitrogens with one attached hydrogen (secondary N) is 1. The Balaban J connectivity index is 2.75. The summed E-state index contributed by atoms with van der Waals surface area (Å²) >= 11 is 0. The Labute approximate surface area is 106 Å². The summed E-state index contributed by atoms with van der Waals surface area (Å²) in [4.78, 5) is 10.3. The summed E-state index contributed by atoms with van der Waals surface area (Å²) in [6, 6.07) is 4.81. The van der Waals surface area contributed by atoms with E-state index in [1.807, 2.05) is 6.92 Å². The maximum absolute atomic E-state index is 10.8. The molecule has 0 saturated heterocycles. The van der Waals surface area contributed by atoms with Crippen LogP contribution in [-0.2, 0) is 6.54 Å². The lowest BCUT2D eigenvalue weighted by Crippen LogP contribution is -2.26. The lowest BCUT2D eigenvalue weighted by atomic mass is 10.1. The molecule has 0 heterocycles. The molecule has 1 rings (SSSR count). The Morgan fingerprint density at radius 3 is 2.78 bits per heavy atom. The van der Waals surface area contributed by atoms with E-state index in [-0.39, 0.29) is 18.3 Å². The van der Waals surface area contributed by atoms with E-state index in [1.165, 1.54) is 19.2 Å². The predicted molar refractivity (Wildman–Crippen MR) is 67.7 cm³/mol. The first-order valence-corrected chi connectivity index (χ1v) is 5.73. The van der Waals surface area contributed by atoms with Crippen molar-refractivity contribution >= 4 is 5.69 Å². The Morgan fingerprint density at radius 2 is 2.22 bits per heavy atom. The smallest absolute Gasteiger partial charge is 0.273 e. The number of rotatable bonds is 7. The minimum absolute atomic E-state index is 0.0148. The number of nitro groups is 1. The fourth-order valence-corrected chi connectivity index (χ4v) is 1.56. The van der Waals surface area contributed by atoms with Gasteiger partial charge in [-0.2, -0.15) is 0 Å². The largest absolute Gasteiger partial charge is 0.496 e. The first-order valence-electron chi connectivity index (χ1n) is 5.73. The summed E-state index contributed by atoms with van der Waals surface area (Å²) in [5.74, 6) is 0.468. The summed E-state index contributed by atoms with van der Waals surface area (Å²) in [5, 5.41) is 22.7. The number of non-ortho nitro benzene ring substituents is 1. The van der Waals surface area contributed by atoms with Gasteiger partial charge in [0, 0.05) is 25.3 Å². The van der Waals surface area contributed by atoms with Crippen LogP contribution < -0.4 is 10.1 Å². The molecule has 0 spiro atoms. The van der Waals surface area contributed by atoms with E-state index in [2.05, 4.69) is 5.32 Å². The molecule has 0 aliphatic carbocycles. The van der Waals surface area contributed by atoms with Crippen LogP contribution in [0, 0.1) is 10.1 Å². The molecule has 2 N–H and O–H groups in total. The normalized spacial score (nSPS) is 12.2. The van der Waals surface area contributed by atoms with E-state index < -0.39 is 4.92 Å². The predicted octanol–water partition coefficient (Wildman–Crippen LogP) is 1.46. The van der Waals surface area contributed by atoms with Gasteiger partial charge in [-0.1, -0.05) is 0 Å². The van der Waals surface area contributed by atoms with Crippen molar-refractivity contribution in [1.29, 1.82) is 0 Å². The molecule has 0 radical (unpaired) electrons. The van der Waals surface area contributed by atoms with E-state index in [4.69, 9.17) is 9.84 Å². The number of nitrogens with zero attached hydrogens (tertiary/aromatic N) is 1. The number of aliphatic hydroxyl groups is 1. The Kier molecular flexibility index (Phi) is 5.54. The number of nitro benzene ring substituents is 1. The lowest BCUT2D eigenvalue weighted by molar-refractivity contribution is -0.385. The molecule has 0 aliphatic heterocycles. The summed E-state index contributed by atoms with van der Waals surface area (Å²) in [6.45, 7) is 2.57. The summed E-state index contributed by atoms with van der Waals surface area (Å²) < 4.78 is 5.03. The highest BCUT2D eigenvalue weighted by Gasteiger charge is 2.10. The van der Waals surface area contributed by atoms with Crippen LogP contribution in [0.2, 0.25) is 0 Å². The molecule has 0 amide bonds. The van der Waals surface area contributed by atoms with Gasteiger partial charge in [0.1, 0.15) is 5.75 Å². The van der Waals surface area contributed by atoms with Gasteiger partial charge in [-0.05, 0) is 25.0 Å². The molecule has 0 bridgehead atoms. The minimum atomic E-state index is -0.441. The van der Waals surface area contributed by atoms with Crippen molar-refractivity contribution in [2.45, 2.75) is 25.9 Å². The Morgan fingerprint density at radius 1 is 1.50 bits per heavy atom. The number of benzene rings is 1. The molecule has 1 aromatic carbocycles. The van der Waals surface area contributed by atoms with Gasteiger partial charge in [-0.3, -0.25) is 10.1 Å². The van der Waals surface area contributed by atoms with Crippen LogP contribution in [0.1, 0.15) is 18.9 Å². The van der Waals surface area contributed by atoms with Crippen molar-refractivity contribution in [2.75, 3.05) is 13.7 Å². The van der Waals surface area contributed by atoms with Crippen LogP contribution in [0.3, 0.4) is 0 Å². The van der Waals surface area contributed by atoms with Gasteiger partial charge in [0.15, 0.2) is 0 Å². The zero-order valence-electron chi connectivity index (χ0n) is 10.5. The molecular formula is C12H18N2O4. The SMILES string of the molecule is COc1cc(CNC(C)CCO)cc([N+](=O)[O-])c1. The van der Waals surface area contributed by atoms with Gasteiger partial charge in [0.05, 0.1) is 18.1 Å². The molecule has 1 aromatic rings. The summed E-state index contributed by atoms with van der Waals surface area (Å²) in [6.07, 6.45) is 0.645. The zero-order valence-corrected chi connectivity index (χ0v) is 10.5. The number of methoxy groups -OCH3 is 1. The van der Waals surface area contributed by atoms with E-state index >= 15 is 0 Å². The van der Waals surface area contributed by atoms with Gasteiger partial charge in [0.2, 0.25) is 0 Å². The molecule has 6 heteroatoms. The molecule has 100 valence electrons. The van der Waals surface area contributed by atoms with E-state index in [0.29, 0.717) is 18.7 Å². The number of aliphatic hydroxyl groups excluding tert-OH is 1. The van der Waals surface area contributed by atoms with Crippen molar-refractivity contribution in [2.24, 2.45) is 0 Å². The van der Waals surface area contributed by atoms with Crippen molar-refractivity contribution in [3.05, 3.63) is 33.9 Å². The van der Waals surface area contributed by atoms with Crippen LogP contribution in [0.5, 0.6) is 5.75 Å². The van der Waals surface area contributed by atoms with Crippen LogP contribution in [0.25, 0.3) is 0 Å². The third-order valence-corrected chi connectivity index (χ3v) is 2.61. The maximum atomic E-state index is 10.8. The van der Waals surface area contributed by atoms with Crippen LogP contribution in [0.15, 0.2) is 18.2 Å². The minimum Gasteiger partial charge on any atom is -0.496 e. The molecule has 0 fully saturated rings. The highest BCUT2D eigenvalue weighted by Crippen LogP contribution is 2.22. The second-order valence-corrected chi connectivity index (χ2v) is 4.09. The van der Waals surface area contributed by atoms with Crippen molar-refractivity contribution in [3.8, 4) is 5.75 Å². The van der Waals surface area contributed by atoms with Gasteiger partial charge in [-0.25, -0.2) is 0 Å². The first kappa shape index (κ1) is 14.4. The van der Waals surface area contributed by atoms with E-state index in [1.54, 1.807) is 6.07 Å². The molecule has 18 heavy (non-hydrogen) atoms. The fraction of sp³-hybridized carbons (Fsp3) is 0.500. The number of ether oxygens (including phenoxy) is 1. The van der Waals surface area contributed by atoms with Gasteiger partial charge < -0.3 is 15.2 Å². The third-order valence-electron chi connectivity index (χ3n) is 2.61. The first-order chi connectivity index (χ1) is 8.56. The van der Waals surface area contributed by atoms with Gasteiger partial charge >= 0.3 is 0 Å². The quantitative estimate of drug-likeness (QED) is 0.568. The molecule has 0 saturated carbocycles. The maximum Gasteiger partial charge on any atom is 0.273 e. The molecule has 1 atom stereocenters. The summed E-state index contributed by atoms with van der Waals surface area (Å²) in [5.41, 5.74) is 0.798. The molecule has 0 aromatic heterocycles. The molecule has 1 unspecified atom stereocenters. The fourth-order valence-electron chi connectivity index (χ4n) is 1.56. The number of hydrogen-bond acceptors (Lipinski definition) is 5. The second-order valence-electron chi connectivity index (χ2n) is 4.09. The van der Waals surface area contributed by atoms with Gasteiger partial charge in [0.25, 0.3) is 5.69 Å². The monoisotopic (exact) mass is 254 g/mol. The highest BCUT2D eigenvalue weighted by atomic mass is 16.6. The van der Waals surface area contributed by atoms with E-state index in [9.17, 15) is 10.1 Å². The summed E-state index contributed by atoms with van der Waals surface area (Å²) in [7, 11) is 1.48. The molecule has 0 aliphatic rings. The average Bonchev–Trinajstić information content (AvgIpc) is 2.36. The van der Waals surface area contributed by atoms with Crippen molar-refractivity contribution in [3.63, 3.8) is 0 Å². The molecular weight excluding hydrogens is 236 g/mol. The highest BCUT2D eigenvalue weighted by molar-refractivity contribution is 5.42. The molecule has 6 nitrogen and oxygen atoms in total. The standard InChI is InChI=1S/C12H18N2O4/c1-9(3-4-15)13-8-10-5-11(14(16)17)7-12(6-10)18-2/h5-7,9,13,15H,3-4,8H2,1-2H3. The van der Waals surface area contributed by atoms with Crippen molar-refractivity contribution < 1.29 is 14.8 Å².